The summed E-state index contributed by atoms with van der Waals surface area (Å²) < 4.78 is 6.09. The minimum atomic E-state index is 0.426. The number of methoxy groups -OCH3 is 1. The number of nitrogens with two attached hydrogens (primary N) is 1. The number of benzene rings is 1. The average molecular weight is 357 g/mol. The predicted octanol–water partition coefficient (Wildman–Crippen LogP) is 4.10. The number of ether oxygens (including phenoxy) is 1. The van der Waals surface area contributed by atoms with Gasteiger partial charge in [0.2, 0.25) is 0 Å². The van der Waals surface area contributed by atoms with Crippen LogP contribution in [0.5, 0.6) is 5.75 Å². The van der Waals surface area contributed by atoms with Gasteiger partial charge in [0.15, 0.2) is 5.82 Å². The van der Waals surface area contributed by atoms with Gasteiger partial charge in [-0.15, -0.1) is 0 Å². The highest BCUT2D eigenvalue weighted by molar-refractivity contribution is 9.10. The summed E-state index contributed by atoms with van der Waals surface area (Å²) in [6.07, 6.45) is 1.81. The molecule has 0 atom stereocenters. The second-order valence-electron chi connectivity index (χ2n) is 4.29. The van der Waals surface area contributed by atoms with Gasteiger partial charge in [-0.2, -0.15) is 0 Å². The molecule has 0 fully saturated rings. The Morgan fingerprint density at radius 3 is 2.75 bits per heavy atom. The van der Waals surface area contributed by atoms with Crippen LogP contribution in [0.25, 0.3) is 11.4 Å². The Balaban J connectivity index is 2.58. The largest absolute Gasteiger partial charge is 0.496 e. The summed E-state index contributed by atoms with van der Waals surface area (Å²) >= 11 is 9.40. The predicted molar refractivity (Wildman–Crippen MR) is 85.1 cm³/mol. The quantitative estimate of drug-likeness (QED) is 0.896. The van der Waals surface area contributed by atoms with Crippen LogP contribution in [0.1, 0.15) is 19.0 Å². The van der Waals surface area contributed by atoms with Crippen molar-refractivity contribution in [1.29, 1.82) is 0 Å². The second kappa shape index (κ2) is 6.41. The number of halogens is 2. The van der Waals surface area contributed by atoms with Crippen LogP contribution in [0.2, 0.25) is 5.02 Å². The van der Waals surface area contributed by atoms with E-state index in [0.717, 1.165) is 28.6 Å². The summed E-state index contributed by atoms with van der Waals surface area (Å²) in [6, 6.07) is 5.35. The summed E-state index contributed by atoms with van der Waals surface area (Å²) in [5, 5.41) is 0.601. The van der Waals surface area contributed by atoms with Gasteiger partial charge in [0.05, 0.1) is 22.8 Å². The number of nitrogens with zero attached hydrogens (tertiary/aromatic N) is 2. The van der Waals surface area contributed by atoms with Gasteiger partial charge in [0.25, 0.3) is 0 Å². The monoisotopic (exact) mass is 355 g/mol. The van der Waals surface area contributed by atoms with E-state index in [1.54, 1.807) is 19.2 Å². The summed E-state index contributed by atoms with van der Waals surface area (Å²) in [4.78, 5) is 8.89. The van der Waals surface area contributed by atoms with Gasteiger partial charge < -0.3 is 10.5 Å². The van der Waals surface area contributed by atoms with E-state index < -0.39 is 0 Å². The minimum Gasteiger partial charge on any atom is -0.496 e. The SMILES string of the molecule is CCCc1nc(-c2ccc(Cl)cc2OC)nc(N)c1Br. The third-order valence-electron chi connectivity index (χ3n) is 2.84. The smallest absolute Gasteiger partial charge is 0.165 e. The Hall–Kier alpha value is -1.33. The number of nitrogen functional groups attached to an aromatic ring is 1. The molecule has 106 valence electrons. The van der Waals surface area contributed by atoms with Crippen LogP contribution in [0.4, 0.5) is 5.82 Å². The van der Waals surface area contributed by atoms with Crippen LogP contribution in [0.15, 0.2) is 22.7 Å². The molecule has 0 saturated carbocycles. The van der Waals surface area contributed by atoms with Gasteiger partial charge in [0, 0.05) is 5.02 Å². The molecule has 20 heavy (non-hydrogen) atoms. The Kier molecular flexibility index (Phi) is 4.83. The molecule has 0 aliphatic carbocycles. The molecule has 2 aromatic rings. The van der Waals surface area contributed by atoms with E-state index in [-0.39, 0.29) is 0 Å². The minimum absolute atomic E-state index is 0.426. The fourth-order valence-electron chi connectivity index (χ4n) is 1.89. The van der Waals surface area contributed by atoms with Crippen LogP contribution in [-0.4, -0.2) is 17.1 Å². The molecule has 0 unspecified atom stereocenters. The zero-order valence-corrected chi connectivity index (χ0v) is 13.6. The topological polar surface area (TPSA) is 61.0 Å². The molecule has 0 radical (unpaired) electrons. The third kappa shape index (κ3) is 3.04. The average Bonchev–Trinajstić information content (AvgIpc) is 2.43. The molecule has 1 heterocycles. The highest BCUT2D eigenvalue weighted by atomic mass is 79.9. The maximum atomic E-state index is 5.97. The van der Waals surface area contributed by atoms with E-state index in [2.05, 4.69) is 32.8 Å². The van der Waals surface area contributed by atoms with E-state index in [1.807, 2.05) is 6.07 Å². The first kappa shape index (κ1) is 15.1. The molecule has 4 nitrogen and oxygen atoms in total. The van der Waals surface area contributed by atoms with Crippen molar-refractivity contribution < 1.29 is 4.74 Å². The summed E-state index contributed by atoms with van der Waals surface area (Å²) in [7, 11) is 1.59. The maximum absolute atomic E-state index is 5.97. The van der Waals surface area contributed by atoms with Crippen molar-refractivity contribution in [2.45, 2.75) is 19.8 Å². The maximum Gasteiger partial charge on any atom is 0.165 e. The molecular formula is C14H15BrClN3O. The normalized spacial score (nSPS) is 10.6. The van der Waals surface area contributed by atoms with E-state index >= 15 is 0 Å². The highest BCUT2D eigenvalue weighted by Gasteiger charge is 2.14. The molecule has 0 amide bonds. The van der Waals surface area contributed by atoms with E-state index in [0.29, 0.717) is 22.4 Å². The molecule has 6 heteroatoms. The first-order chi connectivity index (χ1) is 9.56. The fourth-order valence-corrected chi connectivity index (χ4v) is 2.42. The summed E-state index contributed by atoms with van der Waals surface area (Å²) in [5.41, 5.74) is 7.61. The van der Waals surface area contributed by atoms with Crippen molar-refractivity contribution in [1.82, 2.24) is 9.97 Å². The number of hydrogen-bond donors (Lipinski definition) is 1. The van der Waals surface area contributed by atoms with Gasteiger partial charge in [-0.1, -0.05) is 24.9 Å². The van der Waals surface area contributed by atoms with Crippen molar-refractivity contribution in [3.05, 3.63) is 33.4 Å². The molecule has 0 saturated heterocycles. The van der Waals surface area contributed by atoms with Gasteiger partial charge in [-0.3, -0.25) is 0 Å². The molecule has 0 spiro atoms. The Morgan fingerprint density at radius 1 is 1.35 bits per heavy atom. The lowest BCUT2D eigenvalue weighted by Crippen LogP contribution is -2.03. The molecule has 0 aliphatic rings. The Labute approximate surface area is 131 Å². The number of aryl methyl sites for hydroxylation is 1. The molecule has 0 bridgehead atoms. The van der Waals surface area contributed by atoms with Crippen molar-refractivity contribution >= 4 is 33.3 Å². The van der Waals surface area contributed by atoms with Gasteiger partial charge in [-0.25, -0.2) is 9.97 Å². The molecule has 2 N–H and O–H groups in total. The summed E-state index contributed by atoms with van der Waals surface area (Å²) in [6.45, 7) is 2.09. The number of aromatic nitrogens is 2. The van der Waals surface area contributed by atoms with Gasteiger partial charge in [0.1, 0.15) is 11.6 Å². The van der Waals surface area contributed by atoms with Gasteiger partial charge in [-0.05, 0) is 40.5 Å². The number of hydrogen-bond acceptors (Lipinski definition) is 4. The lowest BCUT2D eigenvalue weighted by atomic mass is 10.1. The first-order valence-corrected chi connectivity index (χ1v) is 7.39. The van der Waals surface area contributed by atoms with Crippen LogP contribution in [0, 0.1) is 0 Å². The van der Waals surface area contributed by atoms with Crippen molar-refractivity contribution in [3.63, 3.8) is 0 Å². The van der Waals surface area contributed by atoms with E-state index in [1.165, 1.54) is 0 Å². The third-order valence-corrected chi connectivity index (χ3v) is 3.94. The lowest BCUT2D eigenvalue weighted by molar-refractivity contribution is 0.416. The van der Waals surface area contributed by atoms with Crippen LogP contribution >= 0.6 is 27.5 Å². The van der Waals surface area contributed by atoms with Crippen LogP contribution < -0.4 is 10.5 Å². The standard InChI is InChI=1S/C14H15BrClN3O/c1-3-4-10-12(15)13(17)19-14(18-10)9-6-5-8(16)7-11(9)20-2/h5-7H,3-4H2,1-2H3,(H2,17,18,19). The fraction of sp³-hybridized carbons (Fsp3) is 0.286. The second-order valence-corrected chi connectivity index (χ2v) is 5.52. The highest BCUT2D eigenvalue weighted by Crippen LogP contribution is 2.33. The number of rotatable bonds is 4. The van der Waals surface area contributed by atoms with Crippen molar-refractivity contribution in [2.24, 2.45) is 0 Å². The lowest BCUT2D eigenvalue weighted by Gasteiger charge is -2.11. The first-order valence-electron chi connectivity index (χ1n) is 6.22. The van der Waals surface area contributed by atoms with Crippen LogP contribution in [0.3, 0.4) is 0 Å². The molecular weight excluding hydrogens is 342 g/mol. The zero-order valence-electron chi connectivity index (χ0n) is 11.3. The zero-order chi connectivity index (χ0) is 14.7. The Bertz CT molecular complexity index is 634. The van der Waals surface area contributed by atoms with Crippen LogP contribution in [-0.2, 0) is 6.42 Å². The van der Waals surface area contributed by atoms with Crippen molar-refractivity contribution in [3.8, 4) is 17.1 Å². The Morgan fingerprint density at radius 2 is 2.10 bits per heavy atom. The summed E-state index contributed by atoms with van der Waals surface area (Å²) in [5.74, 6) is 1.60. The molecule has 2 rings (SSSR count). The van der Waals surface area contributed by atoms with Gasteiger partial charge >= 0.3 is 0 Å². The van der Waals surface area contributed by atoms with Crippen molar-refractivity contribution in [2.75, 3.05) is 12.8 Å². The number of anilines is 1. The van der Waals surface area contributed by atoms with E-state index in [4.69, 9.17) is 22.1 Å². The van der Waals surface area contributed by atoms with E-state index in [9.17, 15) is 0 Å². The molecule has 0 aliphatic heterocycles. The molecule has 1 aromatic heterocycles. The molecule has 1 aromatic carbocycles.